The minimum atomic E-state index is -0.376. The third-order valence-electron chi connectivity index (χ3n) is 2.92. The van der Waals surface area contributed by atoms with E-state index in [0.29, 0.717) is 13.2 Å². The Balaban J connectivity index is 2.31. The number of hydrogen-bond donors (Lipinski definition) is 2. The summed E-state index contributed by atoms with van der Waals surface area (Å²) in [5.74, 6) is 2.76. The van der Waals surface area contributed by atoms with Gasteiger partial charge in [-0.3, -0.25) is 0 Å². The zero-order valence-electron chi connectivity index (χ0n) is 9.92. The van der Waals surface area contributed by atoms with Crippen LogP contribution in [0.1, 0.15) is 26.2 Å². The molecule has 0 aromatic rings. The highest BCUT2D eigenvalue weighted by Gasteiger charge is 2.22. The molecule has 1 heterocycles. The summed E-state index contributed by atoms with van der Waals surface area (Å²) < 4.78 is 4.80. The summed E-state index contributed by atoms with van der Waals surface area (Å²) in [4.78, 5) is 12.5. The third kappa shape index (κ3) is 4.11. The lowest BCUT2D eigenvalue weighted by Gasteiger charge is -2.28. The van der Waals surface area contributed by atoms with Crippen LogP contribution < -0.4 is 10.2 Å². The number of alkyl carbamates (subject to hydrolysis) is 1. The molecular formula is C12H21N2O2+. The number of amides is 1. The van der Waals surface area contributed by atoms with Gasteiger partial charge >= 0.3 is 6.09 Å². The van der Waals surface area contributed by atoms with E-state index in [1.54, 1.807) is 6.92 Å². The molecule has 1 atom stereocenters. The van der Waals surface area contributed by atoms with Crippen LogP contribution in [0.4, 0.5) is 4.79 Å². The van der Waals surface area contributed by atoms with Crippen LogP contribution in [-0.4, -0.2) is 38.4 Å². The van der Waals surface area contributed by atoms with Crippen molar-refractivity contribution in [1.82, 2.24) is 5.32 Å². The molecule has 0 aliphatic carbocycles. The number of piperidine rings is 1. The van der Waals surface area contributed by atoms with E-state index in [1.165, 1.54) is 24.2 Å². The summed E-state index contributed by atoms with van der Waals surface area (Å²) >= 11 is 0. The Morgan fingerprint density at radius 2 is 2.19 bits per heavy atom. The first-order valence-electron chi connectivity index (χ1n) is 5.99. The maximum atomic E-state index is 11.1. The van der Waals surface area contributed by atoms with Crippen LogP contribution in [-0.2, 0) is 4.74 Å². The van der Waals surface area contributed by atoms with Gasteiger partial charge in [0.05, 0.1) is 26.2 Å². The van der Waals surface area contributed by atoms with Gasteiger partial charge in [-0.15, -0.1) is 6.42 Å². The predicted octanol–water partition coefficient (Wildman–Crippen LogP) is -0.197. The van der Waals surface area contributed by atoms with E-state index in [0.717, 1.165) is 13.1 Å². The summed E-state index contributed by atoms with van der Waals surface area (Å²) in [6.07, 6.45) is 8.88. The number of nitrogens with one attached hydrogen (secondary N) is 2. The zero-order valence-corrected chi connectivity index (χ0v) is 9.92. The predicted molar refractivity (Wildman–Crippen MR) is 62.2 cm³/mol. The van der Waals surface area contributed by atoms with Crippen LogP contribution in [0.15, 0.2) is 0 Å². The first-order chi connectivity index (χ1) is 7.77. The normalized spacial score (nSPS) is 18.5. The molecule has 4 heteroatoms. The smallest absolute Gasteiger partial charge is 0.407 e. The molecule has 0 unspecified atom stereocenters. The second-order valence-corrected chi connectivity index (χ2v) is 4.04. The molecule has 1 amide bonds. The van der Waals surface area contributed by atoms with E-state index in [1.807, 2.05) is 0 Å². The van der Waals surface area contributed by atoms with Gasteiger partial charge in [-0.1, -0.05) is 0 Å². The molecule has 2 N–H and O–H groups in total. The lowest BCUT2D eigenvalue weighted by Crippen LogP contribution is -3.17. The molecule has 0 spiro atoms. The van der Waals surface area contributed by atoms with E-state index in [2.05, 4.69) is 11.2 Å². The van der Waals surface area contributed by atoms with Gasteiger partial charge in [-0.05, 0) is 32.1 Å². The number of hydrogen-bond acceptors (Lipinski definition) is 2. The molecule has 0 aromatic heterocycles. The van der Waals surface area contributed by atoms with E-state index >= 15 is 0 Å². The van der Waals surface area contributed by atoms with E-state index in [4.69, 9.17) is 11.2 Å². The van der Waals surface area contributed by atoms with Crippen LogP contribution in [0.5, 0.6) is 0 Å². The monoisotopic (exact) mass is 225 g/mol. The number of carbonyl (C=O) groups excluding carboxylic acids is 1. The fourth-order valence-electron chi connectivity index (χ4n) is 2.04. The second kappa shape index (κ2) is 7.13. The fourth-order valence-corrected chi connectivity index (χ4v) is 2.04. The summed E-state index contributed by atoms with van der Waals surface area (Å²) in [6.45, 7) is 4.90. The Labute approximate surface area is 97.3 Å². The van der Waals surface area contributed by atoms with Gasteiger partial charge in [-0.25, -0.2) is 4.79 Å². The number of carbonyl (C=O) groups is 1. The Morgan fingerprint density at radius 1 is 1.50 bits per heavy atom. The molecule has 16 heavy (non-hydrogen) atoms. The number of quaternary nitrogens is 1. The largest absolute Gasteiger partial charge is 0.450 e. The van der Waals surface area contributed by atoms with Gasteiger partial charge in [0.1, 0.15) is 0 Å². The van der Waals surface area contributed by atoms with Crippen molar-refractivity contribution >= 4 is 6.09 Å². The first-order valence-corrected chi connectivity index (χ1v) is 5.99. The highest BCUT2D eigenvalue weighted by atomic mass is 16.5. The minimum absolute atomic E-state index is 0.0738. The van der Waals surface area contributed by atoms with Crippen LogP contribution in [0.25, 0.3) is 0 Å². The first kappa shape index (κ1) is 12.9. The quantitative estimate of drug-likeness (QED) is 0.651. The van der Waals surface area contributed by atoms with E-state index < -0.39 is 0 Å². The van der Waals surface area contributed by atoms with Crippen molar-refractivity contribution in [1.29, 1.82) is 0 Å². The van der Waals surface area contributed by atoms with Crippen molar-refractivity contribution in [3.05, 3.63) is 0 Å². The van der Waals surface area contributed by atoms with Crippen molar-refractivity contribution in [3.63, 3.8) is 0 Å². The highest BCUT2D eigenvalue weighted by Crippen LogP contribution is 1.95. The Hall–Kier alpha value is -1.21. The number of terminal acetylenes is 1. The minimum Gasteiger partial charge on any atom is -0.450 e. The van der Waals surface area contributed by atoms with Crippen molar-refractivity contribution in [2.45, 2.75) is 32.2 Å². The van der Waals surface area contributed by atoms with Crippen molar-refractivity contribution < 1.29 is 14.4 Å². The summed E-state index contributed by atoms with van der Waals surface area (Å²) in [5, 5.41) is 2.71. The maximum absolute atomic E-state index is 11.1. The average molecular weight is 225 g/mol. The van der Waals surface area contributed by atoms with Gasteiger partial charge < -0.3 is 15.0 Å². The van der Waals surface area contributed by atoms with Crippen molar-refractivity contribution in [3.8, 4) is 12.3 Å². The topological polar surface area (TPSA) is 42.8 Å². The molecule has 1 aliphatic heterocycles. The van der Waals surface area contributed by atoms with E-state index in [9.17, 15) is 4.79 Å². The molecule has 1 aliphatic rings. The SMILES string of the molecule is C#C[C@@H](CNC(=O)OCC)[NH+]1CCCCC1. The molecule has 1 fully saturated rings. The zero-order chi connectivity index (χ0) is 11.8. The molecule has 0 saturated carbocycles. The second-order valence-electron chi connectivity index (χ2n) is 4.04. The van der Waals surface area contributed by atoms with Crippen molar-refractivity contribution in [2.75, 3.05) is 26.2 Å². The van der Waals surface area contributed by atoms with Crippen molar-refractivity contribution in [2.24, 2.45) is 0 Å². The summed E-state index contributed by atoms with van der Waals surface area (Å²) in [7, 11) is 0. The number of likely N-dealkylation sites (tertiary alicyclic amines) is 1. The van der Waals surface area contributed by atoms with Crippen LogP contribution in [0.2, 0.25) is 0 Å². The van der Waals surface area contributed by atoms with E-state index in [-0.39, 0.29) is 12.1 Å². The molecule has 0 radical (unpaired) electrons. The van der Waals surface area contributed by atoms with Gasteiger partial charge in [0.25, 0.3) is 0 Å². The van der Waals surface area contributed by atoms with Gasteiger partial charge in [-0.2, -0.15) is 0 Å². The molecule has 0 aromatic carbocycles. The number of rotatable bonds is 4. The van der Waals surface area contributed by atoms with Crippen LogP contribution in [0.3, 0.4) is 0 Å². The molecule has 0 bridgehead atoms. The van der Waals surface area contributed by atoms with Crippen LogP contribution >= 0.6 is 0 Å². The molecule has 90 valence electrons. The molecule has 1 saturated heterocycles. The Morgan fingerprint density at radius 3 is 2.75 bits per heavy atom. The molecule has 1 rings (SSSR count). The van der Waals surface area contributed by atoms with Gasteiger partial charge in [0.2, 0.25) is 0 Å². The Kier molecular flexibility index (Phi) is 5.73. The summed E-state index contributed by atoms with van der Waals surface area (Å²) in [5.41, 5.74) is 0. The van der Waals surface area contributed by atoms with Gasteiger partial charge in [0, 0.05) is 0 Å². The summed E-state index contributed by atoms with van der Waals surface area (Å²) in [6, 6.07) is 0.0738. The van der Waals surface area contributed by atoms with Gasteiger partial charge in [0.15, 0.2) is 6.04 Å². The highest BCUT2D eigenvalue weighted by molar-refractivity contribution is 5.67. The molecule has 4 nitrogen and oxygen atoms in total. The lowest BCUT2D eigenvalue weighted by molar-refractivity contribution is -0.920. The Bertz CT molecular complexity index is 254. The third-order valence-corrected chi connectivity index (χ3v) is 2.92. The molecular weight excluding hydrogens is 204 g/mol. The standard InChI is InChI=1S/C12H20N2O2/c1-3-11(10-13-12(15)16-4-2)14-8-6-5-7-9-14/h1,11H,4-10H2,2H3,(H,13,15)/p+1/t11-/m0/s1. The fraction of sp³-hybridized carbons (Fsp3) is 0.750. The average Bonchev–Trinajstić information content (AvgIpc) is 2.31. The van der Waals surface area contributed by atoms with Crippen LogP contribution in [0, 0.1) is 12.3 Å². The number of ether oxygens (including phenoxy) is 1. The lowest BCUT2D eigenvalue weighted by atomic mass is 10.1. The maximum Gasteiger partial charge on any atom is 0.407 e.